The Morgan fingerprint density at radius 3 is 2.25 bits per heavy atom. The molecule has 0 saturated carbocycles. The molecule has 0 bridgehead atoms. The zero-order valence-electron chi connectivity index (χ0n) is 10.2. The molecule has 0 aliphatic rings. The molecule has 5 heteroatoms. The van der Waals surface area contributed by atoms with E-state index >= 15 is 0 Å². The highest BCUT2D eigenvalue weighted by atomic mass is 19.1. The molecular weight excluding hydrogens is 262 g/mol. The molecular formula is C15H8F2N2O. The Morgan fingerprint density at radius 1 is 0.900 bits per heavy atom. The Morgan fingerprint density at radius 2 is 1.55 bits per heavy atom. The minimum absolute atomic E-state index is 0.169. The van der Waals surface area contributed by atoms with Crippen LogP contribution in [0, 0.1) is 11.6 Å². The van der Waals surface area contributed by atoms with Crippen molar-refractivity contribution in [3.63, 3.8) is 0 Å². The molecule has 0 radical (unpaired) electrons. The first kappa shape index (κ1) is 12.3. The van der Waals surface area contributed by atoms with Crippen molar-refractivity contribution < 1.29 is 13.6 Å². The van der Waals surface area contributed by atoms with Gasteiger partial charge >= 0.3 is 0 Å². The van der Waals surface area contributed by atoms with Gasteiger partial charge in [0.05, 0.1) is 16.6 Å². The first-order valence-corrected chi connectivity index (χ1v) is 5.86. The van der Waals surface area contributed by atoms with Gasteiger partial charge in [0.15, 0.2) is 5.78 Å². The van der Waals surface area contributed by atoms with Crippen LogP contribution in [0.15, 0.2) is 48.8 Å². The number of halogens is 2. The molecule has 20 heavy (non-hydrogen) atoms. The molecule has 0 atom stereocenters. The Bertz CT molecular complexity index is 798. The molecule has 0 amide bonds. The Labute approximate surface area is 112 Å². The molecule has 98 valence electrons. The molecule has 0 aliphatic carbocycles. The predicted molar refractivity (Wildman–Crippen MR) is 69.3 cm³/mol. The van der Waals surface area contributed by atoms with Gasteiger partial charge in [0.1, 0.15) is 11.6 Å². The molecule has 3 nitrogen and oxygen atoms in total. The van der Waals surface area contributed by atoms with Gasteiger partial charge in [-0.1, -0.05) is 6.07 Å². The van der Waals surface area contributed by atoms with Crippen LogP contribution in [-0.4, -0.2) is 15.8 Å². The number of benzene rings is 2. The van der Waals surface area contributed by atoms with E-state index in [0.717, 1.165) is 12.1 Å². The van der Waals surface area contributed by atoms with E-state index in [1.807, 2.05) is 0 Å². The maximum Gasteiger partial charge on any atom is 0.199 e. The van der Waals surface area contributed by atoms with Crippen LogP contribution in [0.1, 0.15) is 15.9 Å². The highest BCUT2D eigenvalue weighted by Crippen LogP contribution is 2.19. The summed E-state index contributed by atoms with van der Waals surface area (Å²) in [5.41, 5.74) is 0.714. The Balaban J connectivity index is 2.13. The van der Waals surface area contributed by atoms with Crippen LogP contribution >= 0.6 is 0 Å². The minimum atomic E-state index is -0.880. The molecule has 0 spiro atoms. The van der Waals surface area contributed by atoms with Crippen molar-refractivity contribution in [3.8, 4) is 0 Å². The fourth-order valence-electron chi connectivity index (χ4n) is 1.96. The number of hydrogen-bond acceptors (Lipinski definition) is 3. The number of ketones is 1. The Hall–Kier alpha value is -2.69. The number of aromatic nitrogens is 2. The zero-order valence-corrected chi connectivity index (χ0v) is 10.2. The maximum absolute atomic E-state index is 13.6. The van der Waals surface area contributed by atoms with Crippen LogP contribution < -0.4 is 0 Å². The quantitative estimate of drug-likeness (QED) is 0.672. The minimum Gasteiger partial charge on any atom is -0.288 e. The maximum atomic E-state index is 13.6. The zero-order chi connectivity index (χ0) is 14.1. The van der Waals surface area contributed by atoms with E-state index in [1.54, 1.807) is 6.07 Å². The third kappa shape index (κ3) is 2.03. The van der Waals surface area contributed by atoms with Gasteiger partial charge in [0.25, 0.3) is 0 Å². The molecule has 0 unspecified atom stereocenters. The van der Waals surface area contributed by atoms with Crippen molar-refractivity contribution in [2.45, 2.75) is 0 Å². The molecule has 0 saturated heterocycles. The molecule has 1 heterocycles. The summed E-state index contributed by atoms with van der Waals surface area (Å²) < 4.78 is 27.2. The lowest BCUT2D eigenvalue weighted by atomic mass is 10.0. The summed E-state index contributed by atoms with van der Waals surface area (Å²) in [5.74, 6) is -2.48. The lowest BCUT2D eigenvalue weighted by molar-refractivity contribution is 0.103. The number of nitrogens with zero attached hydrogens (tertiary/aromatic N) is 2. The van der Waals surface area contributed by atoms with Crippen LogP contribution in [0.25, 0.3) is 11.0 Å². The molecule has 3 rings (SSSR count). The monoisotopic (exact) mass is 270 g/mol. The summed E-state index contributed by atoms with van der Waals surface area (Å²) in [7, 11) is 0. The average Bonchev–Trinajstić information content (AvgIpc) is 2.46. The standard InChI is InChI=1S/C15H8F2N2O/c16-10-2-1-3-11(17)14(10)15(20)9-4-5-12-13(8-9)19-7-6-18-12/h1-8H. The molecule has 3 aromatic rings. The van der Waals surface area contributed by atoms with Crippen LogP contribution in [0.3, 0.4) is 0 Å². The van der Waals surface area contributed by atoms with Crippen molar-refractivity contribution in [1.29, 1.82) is 0 Å². The van der Waals surface area contributed by atoms with E-state index in [9.17, 15) is 13.6 Å². The SMILES string of the molecule is O=C(c1ccc2nccnc2c1)c1c(F)cccc1F. The molecule has 0 N–H and O–H groups in total. The van der Waals surface area contributed by atoms with E-state index in [-0.39, 0.29) is 5.56 Å². The smallest absolute Gasteiger partial charge is 0.199 e. The van der Waals surface area contributed by atoms with Gasteiger partial charge in [-0.15, -0.1) is 0 Å². The number of rotatable bonds is 2. The fourth-order valence-corrected chi connectivity index (χ4v) is 1.96. The second-order valence-electron chi connectivity index (χ2n) is 4.19. The van der Waals surface area contributed by atoms with Crippen LogP contribution in [0.2, 0.25) is 0 Å². The number of carbonyl (C=O) groups excluding carboxylic acids is 1. The molecule has 1 aromatic heterocycles. The lowest BCUT2D eigenvalue weighted by Crippen LogP contribution is -2.07. The average molecular weight is 270 g/mol. The van der Waals surface area contributed by atoms with E-state index in [2.05, 4.69) is 9.97 Å². The van der Waals surface area contributed by atoms with E-state index in [0.29, 0.717) is 11.0 Å². The third-order valence-electron chi connectivity index (χ3n) is 2.92. The summed E-state index contributed by atoms with van der Waals surface area (Å²) in [6.45, 7) is 0. The van der Waals surface area contributed by atoms with Crippen molar-refractivity contribution in [2.24, 2.45) is 0 Å². The summed E-state index contributed by atoms with van der Waals surface area (Å²) >= 11 is 0. The van der Waals surface area contributed by atoms with Gasteiger partial charge in [-0.3, -0.25) is 14.8 Å². The largest absolute Gasteiger partial charge is 0.288 e. The summed E-state index contributed by atoms with van der Waals surface area (Å²) in [6.07, 6.45) is 3.01. The normalized spacial score (nSPS) is 10.7. The van der Waals surface area contributed by atoms with Crippen LogP contribution in [0.4, 0.5) is 8.78 Å². The molecule has 2 aromatic carbocycles. The van der Waals surface area contributed by atoms with Gasteiger partial charge in [-0.2, -0.15) is 0 Å². The van der Waals surface area contributed by atoms with Crippen molar-refractivity contribution >= 4 is 16.8 Å². The summed E-state index contributed by atoms with van der Waals surface area (Å²) in [5, 5.41) is 0. The Kier molecular flexibility index (Phi) is 2.95. The van der Waals surface area contributed by atoms with Crippen molar-refractivity contribution in [3.05, 3.63) is 71.6 Å². The highest BCUT2D eigenvalue weighted by Gasteiger charge is 2.19. The van der Waals surface area contributed by atoms with Gasteiger partial charge in [-0.05, 0) is 30.3 Å². The van der Waals surface area contributed by atoms with Gasteiger partial charge in [-0.25, -0.2) is 8.78 Å². The highest BCUT2D eigenvalue weighted by molar-refractivity contribution is 6.10. The van der Waals surface area contributed by atoms with Gasteiger partial charge < -0.3 is 0 Å². The first-order chi connectivity index (χ1) is 9.66. The van der Waals surface area contributed by atoms with Crippen molar-refractivity contribution in [2.75, 3.05) is 0 Å². The summed E-state index contributed by atoms with van der Waals surface area (Å²) in [6, 6.07) is 7.86. The second-order valence-corrected chi connectivity index (χ2v) is 4.19. The second kappa shape index (κ2) is 4.77. The number of hydrogen-bond donors (Lipinski definition) is 0. The third-order valence-corrected chi connectivity index (χ3v) is 2.92. The first-order valence-electron chi connectivity index (χ1n) is 5.86. The number of carbonyl (C=O) groups is 1. The predicted octanol–water partition coefficient (Wildman–Crippen LogP) is 3.14. The molecule has 0 aliphatic heterocycles. The summed E-state index contributed by atoms with van der Waals surface area (Å²) in [4.78, 5) is 20.3. The van der Waals surface area contributed by atoms with Crippen LogP contribution in [-0.2, 0) is 0 Å². The number of fused-ring (bicyclic) bond motifs is 1. The van der Waals surface area contributed by atoms with Crippen LogP contribution in [0.5, 0.6) is 0 Å². The van der Waals surface area contributed by atoms with E-state index in [1.165, 1.54) is 30.6 Å². The van der Waals surface area contributed by atoms with Crippen molar-refractivity contribution in [1.82, 2.24) is 9.97 Å². The molecule has 0 fully saturated rings. The van der Waals surface area contributed by atoms with E-state index < -0.39 is 23.0 Å². The van der Waals surface area contributed by atoms with Gasteiger partial charge in [0.2, 0.25) is 0 Å². The lowest BCUT2D eigenvalue weighted by Gasteiger charge is -2.05. The fraction of sp³-hybridized carbons (Fsp3) is 0. The topological polar surface area (TPSA) is 42.9 Å². The van der Waals surface area contributed by atoms with Gasteiger partial charge in [0, 0.05) is 18.0 Å². The van der Waals surface area contributed by atoms with E-state index in [4.69, 9.17) is 0 Å².